The first kappa shape index (κ1) is 29.4. The van der Waals surface area contributed by atoms with E-state index in [9.17, 15) is 0 Å². The van der Waals surface area contributed by atoms with Crippen molar-refractivity contribution in [2.45, 2.75) is 85.0 Å². The number of aryl methyl sites for hydroxylation is 3. The van der Waals surface area contributed by atoms with Gasteiger partial charge in [0, 0.05) is 32.9 Å². The van der Waals surface area contributed by atoms with Gasteiger partial charge in [-0.25, -0.2) is 0 Å². The fourth-order valence-electron chi connectivity index (χ4n) is 7.40. The van der Waals surface area contributed by atoms with E-state index in [4.69, 9.17) is 0 Å². The fraction of sp³-hybridized carbons (Fsp3) is 0.302. The minimum atomic E-state index is 1.07. The Hall–Kier alpha value is -4.30. The largest absolute Gasteiger partial charge is 0.309 e. The molecule has 2 heterocycles. The molecule has 228 valence electrons. The van der Waals surface area contributed by atoms with Gasteiger partial charge in [0.05, 0.1) is 22.1 Å². The molecule has 0 amide bonds. The van der Waals surface area contributed by atoms with E-state index in [1.54, 1.807) is 0 Å². The first-order valence-electron chi connectivity index (χ1n) is 17.4. The Balaban J connectivity index is 1.54. The van der Waals surface area contributed by atoms with Crippen LogP contribution in [0.4, 0.5) is 0 Å². The van der Waals surface area contributed by atoms with Crippen LogP contribution in [0.25, 0.3) is 55.0 Å². The van der Waals surface area contributed by atoms with Crippen LogP contribution in [0.1, 0.15) is 82.4 Å². The van der Waals surface area contributed by atoms with E-state index in [-0.39, 0.29) is 0 Å². The maximum absolute atomic E-state index is 2.56. The van der Waals surface area contributed by atoms with Crippen molar-refractivity contribution in [3.8, 4) is 11.4 Å². The van der Waals surface area contributed by atoms with Gasteiger partial charge in [0.1, 0.15) is 0 Å². The van der Waals surface area contributed by atoms with Crippen molar-refractivity contribution in [3.05, 3.63) is 120 Å². The van der Waals surface area contributed by atoms with Crippen molar-refractivity contribution < 1.29 is 0 Å². The Labute approximate surface area is 268 Å². The SMILES string of the molecule is CCCCCc1c2c3ccccc3n(-c3ccc(CCCC)cc3)c2cc2c3ccccc3n(-c3ccc(CCCC)cc3)c12. The fourth-order valence-corrected chi connectivity index (χ4v) is 7.40. The molecule has 5 aromatic carbocycles. The Morgan fingerprint density at radius 2 is 0.978 bits per heavy atom. The molecule has 7 aromatic rings. The van der Waals surface area contributed by atoms with Crippen molar-refractivity contribution in [3.63, 3.8) is 0 Å². The summed E-state index contributed by atoms with van der Waals surface area (Å²) in [6.45, 7) is 6.85. The molecule has 7 rings (SSSR count). The lowest BCUT2D eigenvalue weighted by atomic mass is 9.97. The van der Waals surface area contributed by atoms with E-state index in [2.05, 4.69) is 133 Å². The molecule has 2 aromatic heterocycles. The molecular weight excluding hydrogens is 544 g/mol. The second kappa shape index (κ2) is 13.0. The molecule has 0 fully saturated rings. The summed E-state index contributed by atoms with van der Waals surface area (Å²) >= 11 is 0. The van der Waals surface area contributed by atoms with E-state index in [0.29, 0.717) is 0 Å². The van der Waals surface area contributed by atoms with Gasteiger partial charge in [0.25, 0.3) is 0 Å². The summed E-state index contributed by atoms with van der Waals surface area (Å²) in [5, 5.41) is 5.44. The van der Waals surface area contributed by atoms with Crippen molar-refractivity contribution in [1.29, 1.82) is 0 Å². The van der Waals surface area contributed by atoms with E-state index >= 15 is 0 Å². The van der Waals surface area contributed by atoms with Crippen LogP contribution < -0.4 is 0 Å². The highest BCUT2D eigenvalue weighted by Gasteiger charge is 2.23. The molecule has 0 bridgehead atoms. The Morgan fingerprint density at radius 1 is 0.444 bits per heavy atom. The molecule has 0 saturated carbocycles. The van der Waals surface area contributed by atoms with Crippen LogP contribution in [0.2, 0.25) is 0 Å². The molecule has 0 radical (unpaired) electrons. The lowest BCUT2D eigenvalue weighted by Crippen LogP contribution is -2.00. The molecule has 45 heavy (non-hydrogen) atoms. The number of fused-ring (bicyclic) bond motifs is 6. The minimum absolute atomic E-state index is 1.07. The Bertz CT molecular complexity index is 2060. The van der Waals surface area contributed by atoms with E-state index in [1.165, 1.54) is 117 Å². The molecular formula is C43H46N2. The summed E-state index contributed by atoms with van der Waals surface area (Å²) in [7, 11) is 0. The number of nitrogens with zero attached hydrogens (tertiary/aromatic N) is 2. The average molecular weight is 591 g/mol. The normalized spacial score (nSPS) is 11.9. The standard InChI is InChI=1S/C43H46N2/c1-4-7-10-19-37-42-36-18-12-14-21-40(36)44(33-26-22-31(23-27-33)15-8-5-2)41(42)30-38-35-17-11-13-20-39(35)45(43(37)38)34-28-24-32(25-29-34)16-9-6-3/h11-14,17-18,20-30H,4-10,15-16,19H2,1-3H3. The van der Waals surface area contributed by atoms with Crippen LogP contribution in [0.5, 0.6) is 0 Å². The van der Waals surface area contributed by atoms with Crippen LogP contribution in [-0.4, -0.2) is 9.13 Å². The van der Waals surface area contributed by atoms with Crippen molar-refractivity contribution in [1.82, 2.24) is 9.13 Å². The number of aromatic nitrogens is 2. The smallest absolute Gasteiger partial charge is 0.0580 e. The maximum atomic E-state index is 2.56. The van der Waals surface area contributed by atoms with E-state index in [1.807, 2.05) is 0 Å². The summed E-state index contributed by atoms with van der Waals surface area (Å²) in [5.74, 6) is 0. The lowest BCUT2D eigenvalue weighted by molar-refractivity contribution is 0.721. The first-order chi connectivity index (χ1) is 22.2. The number of unbranched alkanes of at least 4 members (excludes halogenated alkanes) is 4. The van der Waals surface area contributed by atoms with Gasteiger partial charge in [-0.2, -0.15) is 0 Å². The third kappa shape index (κ3) is 5.35. The zero-order valence-corrected chi connectivity index (χ0v) is 27.3. The van der Waals surface area contributed by atoms with Crippen molar-refractivity contribution in [2.24, 2.45) is 0 Å². The maximum Gasteiger partial charge on any atom is 0.0580 e. The van der Waals surface area contributed by atoms with Crippen LogP contribution in [0, 0.1) is 0 Å². The number of rotatable bonds is 12. The zero-order chi connectivity index (χ0) is 30.8. The highest BCUT2D eigenvalue weighted by atomic mass is 15.0. The van der Waals surface area contributed by atoms with Crippen molar-refractivity contribution >= 4 is 43.6 Å². The third-order valence-corrected chi connectivity index (χ3v) is 9.75. The van der Waals surface area contributed by atoms with Gasteiger partial charge in [0.2, 0.25) is 0 Å². The zero-order valence-electron chi connectivity index (χ0n) is 27.3. The predicted octanol–water partition coefficient (Wildman–Crippen LogP) is 12.3. The van der Waals surface area contributed by atoms with Crippen LogP contribution >= 0.6 is 0 Å². The van der Waals surface area contributed by atoms with Gasteiger partial charge in [-0.15, -0.1) is 0 Å². The van der Waals surface area contributed by atoms with Crippen LogP contribution in [0.15, 0.2) is 103 Å². The molecule has 0 unspecified atom stereocenters. The summed E-state index contributed by atoms with van der Waals surface area (Å²) < 4.78 is 5.08. The summed E-state index contributed by atoms with van der Waals surface area (Å²) in [6.07, 6.45) is 11.9. The first-order valence-corrected chi connectivity index (χ1v) is 17.4. The summed E-state index contributed by atoms with van der Waals surface area (Å²) in [6, 6.07) is 39.3. The summed E-state index contributed by atoms with van der Waals surface area (Å²) in [5.41, 5.74) is 12.1. The second-order valence-corrected chi connectivity index (χ2v) is 12.8. The number of hydrogen-bond acceptors (Lipinski definition) is 0. The molecule has 0 aliphatic carbocycles. The number of benzene rings is 5. The molecule has 2 nitrogen and oxygen atoms in total. The second-order valence-electron chi connectivity index (χ2n) is 12.8. The number of hydrogen-bond donors (Lipinski definition) is 0. The van der Waals surface area contributed by atoms with Gasteiger partial charge in [-0.05, 0) is 97.7 Å². The van der Waals surface area contributed by atoms with Gasteiger partial charge in [-0.1, -0.05) is 107 Å². The highest BCUT2D eigenvalue weighted by molar-refractivity contribution is 6.21. The monoisotopic (exact) mass is 590 g/mol. The highest BCUT2D eigenvalue weighted by Crippen LogP contribution is 2.43. The Kier molecular flexibility index (Phi) is 8.48. The molecule has 0 saturated heterocycles. The lowest BCUT2D eigenvalue weighted by Gasteiger charge is -2.15. The third-order valence-electron chi connectivity index (χ3n) is 9.75. The van der Waals surface area contributed by atoms with Gasteiger partial charge in [0.15, 0.2) is 0 Å². The average Bonchev–Trinajstić information content (AvgIpc) is 3.60. The van der Waals surface area contributed by atoms with Crippen LogP contribution in [0.3, 0.4) is 0 Å². The quantitative estimate of drug-likeness (QED) is 0.125. The molecule has 0 aliphatic heterocycles. The molecule has 0 atom stereocenters. The molecule has 0 spiro atoms. The molecule has 0 N–H and O–H groups in total. The molecule has 0 aliphatic rings. The van der Waals surface area contributed by atoms with Crippen molar-refractivity contribution in [2.75, 3.05) is 0 Å². The van der Waals surface area contributed by atoms with Gasteiger partial charge >= 0.3 is 0 Å². The minimum Gasteiger partial charge on any atom is -0.309 e. The van der Waals surface area contributed by atoms with E-state index in [0.717, 1.165) is 19.3 Å². The summed E-state index contributed by atoms with van der Waals surface area (Å²) in [4.78, 5) is 0. The number of para-hydroxylation sites is 2. The molecule has 2 heteroatoms. The van der Waals surface area contributed by atoms with Crippen LogP contribution in [-0.2, 0) is 19.3 Å². The van der Waals surface area contributed by atoms with Gasteiger partial charge in [-0.3, -0.25) is 0 Å². The van der Waals surface area contributed by atoms with E-state index < -0.39 is 0 Å². The van der Waals surface area contributed by atoms with Gasteiger partial charge < -0.3 is 9.13 Å². The topological polar surface area (TPSA) is 9.86 Å². The predicted molar refractivity (Wildman–Crippen MR) is 196 cm³/mol. The Morgan fingerprint density at radius 3 is 1.58 bits per heavy atom.